The van der Waals surface area contributed by atoms with E-state index in [0.29, 0.717) is 12.8 Å². The van der Waals surface area contributed by atoms with Gasteiger partial charge in [-0.15, -0.1) is 0 Å². The predicted octanol–water partition coefficient (Wildman–Crippen LogP) is 12.0. The van der Waals surface area contributed by atoms with Crippen molar-refractivity contribution in [2.24, 2.45) is 0 Å². The van der Waals surface area contributed by atoms with Crippen molar-refractivity contribution in [1.82, 2.24) is 0 Å². The Morgan fingerprint density at radius 1 is 0.473 bits per heavy atom. The zero-order valence-corrected chi connectivity index (χ0v) is 36.3. The highest BCUT2D eigenvalue weighted by atomic mass is 31.2. The number of aliphatic hydroxyl groups is 2. The highest BCUT2D eigenvalue weighted by Gasteiger charge is 2.27. The molecule has 0 radical (unpaired) electrons. The first kappa shape index (κ1) is 53.7. The van der Waals surface area contributed by atoms with Crippen LogP contribution >= 0.6 is 7.82 Å². The van der Waals surface area contributed by atoms with Gasteiger partial charge in [-0.25, -0.2) is 4.57 Å². The van der Waals surface area contributed by atoms with Gasteiger partial charge in [0.1, 0.15) is 12.2 Å². The first-order chi connectivity index (χ1) is 26.8. The largest absolute Gasteiger partial charge is 0.472 e. The second kappa shape index (κ2) is 40.9. The molecular weight excluding hydrogens is 719 g/mol. The molecule has 0 aliphatic carbocycles. The summed E-state index contributed by atoms with van der Waals surface area (Å²) in [6.45, 7) is 2.19. The fourth-order valence-electron chi connectivity index (χ4n) is 6.45. The molecule has 0 saturated carbocycles. The van der Waals surface area contributed by atoms with Gasteiger partial charge in [0.15, 0.2) is 0 Å². The molecule has 0 aliphatic rings. The molecule has 3 N–H and O–H groups in total. The summed E-state index contributed by atoms with van der Waals surface area (Å²) < 4.78 is 32.5. The third-order valence-electron chi connectivity index (χ3n) is 9.98. The maximum absolute atomic E-state index is 12.3. The Kier molecular flexibility index (Phi) is 39.9. The minimum Gasteiger partial charge on any atom is -0.457 e. The summed E-state index contributed by atoms with van der Waals surface area (Å²) in [5, 5.41) is 19.1. The number of rotatable bonds is 43. The Hall–Kier alpha value is -1.29. The molecule has 0 aromatic heterocycles. The van der Waals surface area contributed by atoms with Crippen molar-refractivity contribution >= 4 is 19.8 Å². The standard InChI is InChI=1S/C44H85O10P/c1-3-5-7-9-11-13-15-16-17-18-19-20-21-22-23-24-26-28-30-32-34-36-44(48)54-42(38-46)40-52-55(49,50)51-39-41(37-45)53-43(47)35-33-31-29-27-25-14-12-10-8-6-4-2/h10,12,41-42,45-46H,3-9,11,13-40H2,1-2H3,(H,49,50)/b12-10-. The van der Waals surface area contributed by atoms with Crippen LogP contribution in [0.25, 0.3) is 0 Å². The average Bonchev–Trinajstić information content (AvgIpc) is 3.17. The van der Waals surface area contributed by atoms with E-state index in [2.05, 4.69) is 26.0 Å². The van der Waals surface area contributed by atoms with Gasteiger partial charge in [-0.3, -0.25) is 18.6 Å². The lowest BCUT2D eigenvalue weighted by Gasteiger charge is -2.20. The molecular formula is C44H85O10P. The number of hydrogen-bond acceptors (Lipinski definition) is 9. The maximum atomic E-state index is 12.3. The average molecular weight is 805 g/mol. The lowest BCUT2D eigenvalue weighted by Crippen LogP contribution is -2.28. The molecule has 0 fully saturated rings. The highest BCUT2D eigenvalue weighted by molar-refractivity contribution is 7.47. The fraction of sp³-hybridized carbons (Fsp3) is 0.909. The van der Waals surface area contributed by atoms with Gasteiger partial charge in [0.25, 0.3) is 0 Å². The summed E-state index contributed by atoms with van der Waals surface area (Å²) in [5.74, 6) is -1.02. The molecule has 0 aliphatic heterocycles. The van der Waals surface area contributed by atoms with Crippen LogP contribution in [0.1, 0.15) is 219 Å². The second-order valence-corrected chi connectivity index (χ2v) is 16.8. The highest BCUT2D eigenvalue weighted by Crippen LogP contribution is 2.43. The maximum Gasteiger partial charge on any atom is 0.472 e. The molecule has 10 nitrogen and oxygen atoms in total. The topological polar surface area (TPSA) is 149 Å². The molecule has 55 heavy (non-hydrogen) atoms. The molecule has 11 heteroatoms. The van der Waals surface area contributed by atoms with E-state index in [-0.39, 0.29) is 12.8 Å². The first-order valence-corrected chi connectivity index (χ1v) is 24.1. The van der Waals surface area contributed by atoms with E-state index in [4.69, 9.17) is 18.5 Å². The van der Waals surface area contributed by atoms with Crippen molar-refractivity contribution in [3.05, 3.63) is 12.2 Å². The van der Waals surface area contributed by atoms with E-state index < -0.39 is 58.4 Å². The summed E-state index contributed by atoms with van der Waals surface area (Å²) in [6.07, 6.45) is 39.1. The monoisotopic (exact) mass is 805 g/mol. The van der Waals surface area contributed by atoms with Gasteiger partial charge in [0.05, 0.1) is 26.4 Å². The van der Waals surface area contributed by atoms with E-state index >= 15 is 0 Å². The molecule has 0 spiro atoms. The number of hydrogen-bond donors (Lipinski definition) is 3. The van der Waals surface area contributed by atoms with Gasteiger partial charge < -0.3 is 24.6 Å². The van der Waals surface area contributed by atoms with Crippen LogP contribution in [0.15, 0.2) is 12.2 Å². The van der Waals surface area contributed by atoms with Crippen molar-refractivity contribution in [1.29, 1.82) is 0 Å². The minimum absolute atomic E-state index is 0.184. The number of phosphoric acid groups is 1. The predicted molar refractivity (Wildman–Crippen MR) is 224 cm³/mol. The van der Waals surface area contributed by atoms with Crippen LogP contribution in [-0.4, -0.2) is 65.7 Å². The lowest BCUT2D eigenvalue weighted by molar-refractivity contribution is -0.153. The van der Waals surface area contributed by atoms with E-state index in [0.717, 1.165) is 57.8 Å². The fourth-order valence-corrected chi connectivity index (χ4v) is 7.23. The number of ether oxygens (including phenoxy) is 2. The van der Waals surface area contributed by atoms with Crippen molar-refractivity contribution in [3.8, 4) is 0 Å². The van der Waals surface area contributed by atoms with Gasteiger partial charge in [0, 0.05) is 12.8 Å². The Morgan fingerprint density at radius 3 is 1.09 bits per heavy atom. The Morgan fingerprint density at radius 2 is 0.764 bits per heavy atom. The van der Waals surface area contributed by atoms with Crippen molar-refractivity contribution in [3.63, 3.8) is 0 Å². The lowest BCUT2D eigenvalue weighted by atomic mass is 10.0. The molecule has 0 saturated heterocycles. The van der Waals surface area contributed by atoms with Crippen molar-refractivity contribution < 1.29 is 47.8 Å². The number of phosphoric ester groups is 1. The van der Waals surface area contributed by atoms with Crippen molar-refractivity contribution in [2.45, 2.75) is 232 Å². The summed E-state index contributed by atoms with van der Waals surface area (Å²) in [7, 11) is -4.63. The summed E-state index contributed by atoms with van der Waals surface area (Å²) in [5.41, 5.74) is 0. The van der Waals surface area contributed by atoms with Gasteiger partial charge in [-0.05, 0) is 32.1 Å². The van der Waals surface area contributed by atoms with E-state index in [9.17, 15) is 29.3 Å². The van der Waals surface area contributed by atoms with Gasteiger partial charge >= 0.3 is 19.8 Å². The Bertz CT molecular complexity index is 930. The number of allylic oxidation sites excluding steroid dienone is 2. The molecule has 0 aromatic carbocycles. The van der Waals surface area contributed by atoms with Gasteiger partial charge in [-0.2, -0.15) is 0 Å². The summed E-state index contributed by atoms with van der Waals surface area (Å²) in [4.78, 5) is 34.5. The SMILES string of the molecule is CCCC/C=C\CCCCCCCC(=O)OC(CO)COP(=O)(O)OCC(CO)OC(=O)CCCCCCCCCCCCCCCCCCCCCCC. The molecule has 0 amide bonds. The third-order valence-corrected chi connectivity index (χ3v) is 10.9. The van der Waals surface area contributed by atoms with Crippen LogP contribution in [0.4, 0.5) is 0 Å². The quantitative estimate of drug-likeness (QED) is 0.0235. The van der Waals surface area contributed by atoms with Crippen LogP contribution in [0, 0.1) is 0 Å². The molecule has 326 valence electrons. The van der Waals surface area contributed by atoms with E-state index in [1.807, 2.05) is 0 Å². The normalized spacial score (nSPS) is 13.9. The first-order valence-electron chi connectivity index (χ1n) is 22.6. The van der Waals surface area contributed by atoms with E-state index in [1.165, 1.54) is 122 Å². The van der Waals surface area contributed by atoms with E-state index in [1.54, 1.807) is 0 Å². The zero-order valence-electron chi connectivity index (χ0n) is 35.4. The molecule has 0 rings (SSSR count). The van der Waals surface area contributed by atoms with Gasteiger partial charge in [-0.1, -0.05) is 187 Å². The molecule has 0 bridgehead atoms. The summed E-state index contributed by atoms with van der Waals surface area (Å²) in [6, 6.07) is 0. The molecule has 0 heterocycles. The molecule has 0 aromatic rings. The van der Waals surface area contributed by atoms with Crippen LogP contribution in [0.5, 0.6) is 0 Å². The van der Waals surface area contributed by atoms with Crippen LogP contribution in [0.2, 0.25) is 0 Å². The summed E-state index contributed by atoms with van der Waals surface area (Å²) >= 11 is 0. The van der Waals surface area contributed by atoms with Crippen molar-refractivity contribution in [2.75, 3.05) is 26.4 Å². The third kappa shape index (κ3) is 39.3. The number of carbonyl (C=O) groups is 2. The minimum atomic E-state index is -4.63. The second-order valence-electron chi connectivity index (χ2n) is 15.4. The van der Waals surface area contributed by atoms with Crippen LogP contribution < -0.4 is 0 Å². The smallest absolute Gasteiger partial charge is 0.457 e. The number of carbonyl (C=O) groups excluding carboxylic acids is 2. The molecule has 3 unspecified atom stereocenters. The number of unbranched alkanes of at least 4 members (excludes halogenated alkanes) is 27. The number of aliphatic hydroxyl groups excluding tert-OH is 2. The Labute approximate surface area is 336 Å². The molecule has 3 atom stereocenters. The van der Waals surface area contributed by atoms with Crippen LogP contribution in [0.3, 0.4) is 0 Å². The van der Waals surface area contributed by atoms with Gasteiger partial charge in [0.2, 0.25) is 0 Å². The number of esters is 2. The Balaban J connectivity index is 3.82. The zero-order chi connectivity index (χ0) is 40.5. The van der Waals surface area contributed by atoms with Crippen LogP contribution in [-0.2, 0) is 32.7 Å².